The minimum atomic E-state index is -1.74. The van der Waals surface area contributed by atoms with Crippen LogP contribution in [0.4, 0.5) is 0 Å². The quantitative estimate of drug-likeness (QED) is 0.793. The Morgan fingerprint density at radius 1 is 1.35 bits per heavy atom. The average molecular weight is 358 g/mol. The van der Waals surface area contributed by atoms with E-state index in [-0.39, 0.29) is 11.1 Å². The van der Waals surface area contributed by atoms with Gasteiger partial charge < -0.3 is 5.11 Å². The summed E-state index contributed by atoms with van der Waals surface area (Å²) in [7, 11) is -1.40. The lowest BCUT2D eigenvalue weighted by Crippen LogP contribution is -2.14. The summed E-state index contributed by atoms with van der Waals surface area (Å²) in [5, 5.41) is 9.14. The second-order valence-corrected chi connectivity index (χ2v) is 8.11. The first kappa shape index (κ1) is 17.8. The molecule has 20 heavy (non-hydrogen) atoms. The molecule has 1 aromatic carbocycles. The second-order valence-electron chi connectivity index (χ2n) is 4.32. The molecule has 0 bridgehead atoms. The van der Waals surface area contributed by atoms with Crippen molar-refractivity contribution in [3.63, 3.8) is 0 Å². The third-order valence-corrected chi connectivity index (χ3v) is 5.10. The number of hydrogen-bond donors (Lipinski definition) is 1. The third-order valence-electron chi connectivity index (χ3n) is 2.85. The van der Waals surface area contributed by atoms with Gasteiger partial charge in [-0.25, -0.2) is 4.79 Å². The smallest absolute Gasteiger partial charge is 0.335 e. The molecule has 0 amide bonds. The molecule has 0 saturated heterocycles. The second kappa shape index (κ2) is 7.12. The molecule has 1 N–H and O–H groups in total. The van der Waals surface area contributed by atoms with E-state index in [0.29, 0.717) is 16.2 Å². The molecule has 112 valence electrons. The molecule has 0 radical (unpaired) electrons. The van der Waals surface area contributed by atoms with Gasteiger partial charge in [-0.05, 0) is 25.0 Å². The first-order valence-electron chi connectivity index (χ1n) is 6.02. The van der Waals surface area contributed by atoms with Crippen molar-refractivity contribution in [1.82, 2.24) is 0 Å². The maximum absolute atomic E-state index is 12.4. The monoisotopic (exact) mass is 356 g/mol. The van der Waals surface area contributed by atoms with E-state index >= 15 is 0 Å². The minimum Gasteiger partial charge on any atom is -0.478 e. The summed E-state index contributed by atoms with van der Waals surface area (Å²) in [6, 6.07) is 2.79. The van der Waals surface area contributed by atoms with Crippen LogP contribution in [-0.4, -0.2) is 21.0 Å². The number of alkyl halides is 3. The van der Waals surface area contributed by atoms with Gasteiger partial charge in [0.15, 0.2) is 0 Å². The van der Waals surface area contributed by atoms with Crippen molar-refractivity contribution < 1.29 is 14.1 Å². The number of carbonyl (C=O) groups is 1. The molecule has 1 aromatic rings. The molecule has 1 atom stereocenters. The third kappa shape index (κ3) is 4.10. The molecule has 0 spiro atoms. The van der Waals surface area contributed by atoms with Crippen molar-refractivity contribution in [1.29, 1.82) is 0 Å². The van der Waals surface area contributed by atoms with Crippen LogP contribution in [0.15, 0.2) is 17.0 Å². The van der Waals surface area contributed by atoms with Crippen molar-refractivity contribution in [2.75, 3.05) is 5.75 Å². The Kier molecular flexibility index (Phi) is 6.32. The summed E-state index contributed by atoms with van der Waals surface area (Å²) in [6.45, 7) is 3.57. The molecule has 0 aliphatic heterocycles. The van der Waals surface area contributed by atoms with E-state index in [1.165, 1.54) is 12.1 Å². The van der Waals surface area contributed by atoms with Crippen LogP contribution in [0, 0.1) is 6.92 Å². The molecule has 0 fully saturated rings. The number of unbranched alkanes of at least 4 members (excludes halogenated alkanes) is 1. The van der Waals surface area contributed by atoms with Gasteiger partial charge in [-0.15, -0.1) is 0 Å². The predicted octanol–water partition coefficient (Wildman–Crippen LogP) is 4.43. The molecule has 0 aliphatic rings. The van der Waals surface area contributed by atoms with Gasteiger partial charge in [0.25, 0.3) is 0 Å². The zero-order valence-corrected chi connectivity index (χ0v) is 14.2. The predicted molar refractivity (Wildman–Crippen MR) is 83.6 cm³/mol. The first-order chi connectivity index (χ1) is 9.20. The Morgan fingerprint density at radius 2 is 1.95 bits per heavy atom. The van der Waals surface area contributed by atoms with E-state index in [4.69, 9.17) is 39.9 Å². The van der Waals surface area contributed by atoms with Gasteiger partial charge in [-0.1, -0.05) is 54.2 Å². The lowest BCUT2D eigenvalue weighted by Gasteiger charge is -2.19. The standard InChI is InChI=1S/C13H15Cl3O3S/c1-3-4-7-20(19)11-8(2)9(12(17)18)5-6-10(11)13(14,15)16/h5-6H,3-4,7H2,1-2H3,(H,17,18)/t20-/m0/s1. The van der Waals surface area contributed by atoms with E-state index in [0.717, 1.165) is 12.8 Å². The fourth-order valence-electron chi connectivity index (χ4n) is 1.82. The van der Waals surface area contributed by atoms with Crippen molar-refractivity contribution in [3.05, 3.63) is 28.8 Å². The van der Waals surface area contributed by atoms with Crippen LogP contribution < -0.4 is 0 Å². The molecular formula is C13H15Cl3O3S. The SMILES string of the molecule is CCCC[S@](=O)c1c(C(Cl)(Cl)Cl)ccc(C(=O)O)c1C. The average Bonchev–Trinajstić information content (AvgIpc) is 2.33. The molecule has 0 aromatic heterocycles. The Hall–Kier alpha value is -0.290. The van der Waals surface area contributed by atoms with Gasteiger partial charge in [-0.3, -0.25) is 4.21 Å². The van der Waals surface area contributed by atoms with Crippen LogP contribution in [-0.2, 0) is 14.6 Å². The highest BCUT2D eigenvalue weighted by Gasteiger charge is 2.30. The molecule has 1 rings (SSSR count). The van der Waals surface area contributed by atoms with Crippen molar-refractivity contribution >= 4 is 51.6 Å². The maximum atomic E-state index is 12.4. The zero-order valence-electron chi connectivity index (χ0n) is 11.1. The van der Waals surface area contributed by atoms with E-state index in [9.17, 15) is 9.00 Å². The van der Waals surface area contributed by atoms with E-state index < -0.39 is 20.6 Å². The molecule has 0 aliphatic carbocycles. The number of hydrogen-bond acceptors (Lipinski definition) is 2. The number of carboxylic acids is 1. The normalized spacial score (nSPS) is 13.2. The van der Waals surface area contributed by atoms with E-state index in [1.54, 1.807) is 6.92 Å². The molecule has 3 nitrogen and oxygen atoms in total. The highest BCUT2D eigenvalue weighted by molar-refractivity contribution is 7.85. The van der Waals surface area contributed by atoms with Crippen LogP contribution in [0.3, 0.4) is 0 Å². The summed E-state index contributed by atoms with van der Waals surface area (Å²) in [6.07, 6.45) is 1.63. The Bertz CT molecular complexity index is 538. The Labute approximate surface area is 135 Å². The minimum absolute atomic E-state index is 0.0721. The topological polar surface area (TPSA) is 54.4 Å². The summed E-state index contributed by atoms with van der Waals surface area (Å²) in [5.41, 5.74) is 0.734. The van der Waals surface area contributed by atoms with Gasteiger partial charge in [-0.2, -0.15) is 0 Å². The summed E-state index contributed by atoms with van der Waals surface area (Å²) < 4.78 is 10.7. The van der Waals surface area contributed by atoms with Crippen LogP contribution in [0.5, 0.6) is 0 Å². The highest BCUT2D eigenvalue weighted by Crippen LogP contribution is 2.42. The number of benzene rings is 1. The van der Waals surface area contributed by atoms with Gasteiger partial charge in [0.05, 0.1) is 21.3 Å². The van der Waals surface area contributed by atoms with Crippen LogP contribution in [0.2, 0.25) is 0 Å². The highest BCUT2D eigenvalue weighted by atomic mass is 35.6. The van der Waals surface area contributed by atoms with Crippen molar-refractivity contribution in [2.24, 2.45) is 0 Å². The van der Waals surface area contributed by atoms with Crippen molar-refractivity contribution in [3.8, 4) is 0 Å². The lowest BCUT2D eigenvalue weighted by atomic mass is 10.1. The maximum Gasteiger partial charge on any atom is 0.335 e. The molecule has 0 saturated carbocycles. The lowest BCUT2D eigenvalue weighted by molar-refractivity contribution is 0.0696. The number of carboxylic acid groups (broad SMARTS) is 1. The summed E-state index contributed by atoms with van der Waals surface area (Å²) in [5.74, 6) is -0.680. The van der Waals surface area contributed by atoms with E-state index in [2.05, 4.69) is 0 Å². The van der Waals surface area contributed by atoms with Crippen LogP contribution in [0.25, 0.3) is 0 Å². The summed E-state index contributed by atoms with van der Waals surface area (Å²) >= 11 is 17.7. The Morgan fingerprint density at radius 3 is 2.40 bits per heavy atom. The zero-order chi connectivity index (χ0) is 15.5. The molecule has 0 heterocycles. The fraction of sp³-hybridized carbons (Fsp3) is 0.462. The van der Waals surface area contributed by atoms with Gasteiger partial charge in [0, 0.05) is 11.3 Å². The van der Waals surface area contributed by atoms with Gasteiger partial charge in [0.2, 0.25) is 3.79 Å². The Balaban J connectivity index is 3.45. The van der Waals surface area contributed by atoms with Crippen LogP contribution in [0.1, 0.15) is 41.3 Å². The number of rotatable bonds is 5. The molecule has 7 heteroatoms. The number of halogens is 3. The first-order valence-corrected chi connectivity index (χ1v) is 8.47. The molecular weight excluding hydrogens is 343 g/mol. The van der Waals surface area contributed by atoms with E-state index in [1.807, 2.05) is 6.92 Å². The van der Waals surface area contributed by atoms with Gasteiger partial charge >= 0.3 is 5.97 Å². The number of aromatic carboxylic acids is 1. The fourth-order valence-corrected chi connectivity index (χ4v) is 4.13. The largest absolute Gasteiger partial charge is 0.478 e. The van der Waals surface area contributed by atoms with Crippen LogP contribution >= 0.6 is 34.8 Å². The molecule has 0 unspecified atom stereocenters. The van der Waals surface area contributed by atoms with Gasteiger partial charge in [0.1, 0.15) is 0 Å². The van der Waals surface area contributed by atoms with Crippen molar-refractivity contribution in [2.45, 2.75) is 35.4 Å². The summed E-state index contributed by atoms with van der Waals surface area (Å²) in [4.78, 5) is 11.5.